The molecule has 4 heteroatoms. The zero-order valence-corrected chi connectivity index (χ0v) is 12.8. The lowest BCUT2D eigenvalue weighted by Gasteiger charge is -2.29. The van der Waals surface area contributed by atoms with Crippen LogP contribution in [0.1, 0.15) is 51.5 Å². The van der Waals surface area contributed by atoms with Crippen LogP contribution < -0.4 is 5.32 Å². The summed E-state index contributed by atoms with van der Waals surface area (Å²) in [6, 6.07) is 7.48. The molecule has 2 rings (SSSR count). The normalized spacial score (nSPS) is 18.0. The molecule has 2 N–H and O–H groups in total. The minimum Gasteiger partial charge on any atom is -0.389 e. The molecule has 1 saturated carbocycles. The molecule has 1 aliphatic rings. The number of carbonyl (C=O) groups is 1. The summed E-state index contributed by atoms with van der Waals surface area (Å²) in [5.74, 6) is -0.112. The highest BCUT2D eigenvalue weighted by Crippen LogP contribution is 2.32. The Morgan fingerprint density at radius 2 is 2.05 bits per heavy atom. The van der Waals surface area contributed by atoms with E-state index in [0.717, 1.165) is 31.2 Å². The Bertz CT molecular complexity index is 493. The molecule has 20 heavy (non-hydrogen) atoms. The topological polar surface area (TPSA) is 49.3 Å². The Balaban J connectivity index is 2.02. The third-order valence-corrected chi connectivity index (χ3v) is 4.26. The second-order valence-corrected chi connectivity index (χ2v) is 6.73. The van der Waals surface area contributed by atoms with Crippen LogP contribution in [-0.2, 0) is 10.3 Å². The number of aliphatic hydroxyl groups is 1. The number of hydrogen-bond acceptors (Lipinski definition) is 2. The smallest absolute Gasteiger partial charge is 0.223 e. The number of nitrogens with one attached hydrogen (secondary N) is 1. The van der Waals surface area contributed by atoms with Gasteiger partial charge in [0.05, 0.1) is 17.6 Å². The van der Waals surface area contributed by atoms with Crippen molar-refractivity contribution in [2.24, 2.45) is 0 Å². The van der Waals surface area contributed by atoms with Gasteiger partial charge in [0.2, 0.25) is 5.91 Å². The molecule has 1 amide bonds. The molecule has 3 nitrogen and oxygen atoms in total. The van der Waals surface area contributed by atoms with Gasteiger partial charge in [0, 0.05) is 5.02 Å². The molecule has 0 saturated heterocycles. The zero-order valence-electron chi connectivity index (χ0n) is 12.1. The van der Waals surface area contributed by atoms with Gasteiger partial charge in [-0.2, -0.15) is 0 Å². The first-order chi connectivity index (χ1) is 9.31. The van der Waals surface area contributed by atoms with E-state index in [1.165, 1.54) is 0 Å². The van der Waals surface area contributed by atoms with Crippen LogP contribution in [0.3, 0.4) is 0 Å². The fourth-order valence-electron chi connectivity index (χ4n) is 2.85. The molecule has 0 aromatic heterocycles. The monoisotopic (exact) mass is 295 g/mol. The minimum atomic E-state index is -0.811. The molecule has 0 atom stereocenters. The first-order valence-electron chi connectivity index (χ1n) is 7.10. The van der Waals surface area contributed by atoms with Crippen LogP contribution in [0.2, 0.25) is 5.02 Å². The Hall–Kier alpha value is -1.06. The number of hydrogen-bond donors (Lipinski definition) is 2. The maximum Gasteiger partial charge on any atom is 0.223 e. The predicted molar refractivity (Wildman–Crippen MR) is 80.7 cm³/mol. The van der Waals surface area contributed by atoms with Crippen molar-refractivity contribution >= 4 is 17.5 Å². The number of halogens is 1. The van der Waals surface area contributed by atoms with Crippen molar-refractivity contribution in [1.29, 1.82) is 0 Å². The van der Waals surface area contributed by atoms with Gasteiger partial charge in [-0.1, -0.05) is 36.6 Å². The Morgan fingerprint density at radius 1 is 1.40 bits per heavy atom. The fraction of sp³-hybridized carbons (Fsp3) is 0.562. The van der Waals surface area contributed by atoms with Gasteiger partial charge in [0.15, 0.2) is 0 Å². The van der Waals surface area contributed by atoms with E-state index in [1.807, 2.05) is 38.1 Å². The van der Waals surface area contributed by atoms with Gasteiger partial charge < -0.3 is 10.4 Å². The summed E-state index contributed by atoms with van der Waals surface area (Å²) in [7, 11) is 0. The average Bonchev–Trinajstić information content (AvgIpc) is 2.74. The highest BCUT2D eigenvalue weighted by molar-refractivity contribution is 6.30. The van der Waals surface area contributed by atoms with Crippen molar-refractivity contribution in [3.05, 3.63) is 34.9 Å². The van der Waals surface area contributed by atoms with E-state index < -0.39 is 11.1 Å². The van der Waals surface area contributed by atoms with Gasteiger partial charge in [0.1, 0.15) is 0 Å². The highest BCUT2D eigenvalue weighted by Gasteiger charge is 2.35. The lowest BCUT2D eigenvalue weighted by Crippen LogP contribution is -2.44. The summed E-state index contributed by atoms with van der Waals surface area (Å²) in [5, 5.41) is 13.9. The van der Waals surface area contributed by atoms with Crippen LogP contribution in [0.5, 0.6) is 0 Å². The van der Waals surface area contributed by atoms with Crippen LogP contribution in [0, 0.1) is 0 Å². The minimum absolute atomic E-state index is 0.112. The summed E-state index contributed by atoms with van der Waals surface area (Å²) in [6.07, 6.45) is 3.62. The lowest BCUT2D eigenvalue weighted by atomic mass is 9.92. The van der Waals surface area contributed by atoms with Crippen LogP contribution in [0.15, 0.2) is 24.3 Å². The van der Waals surface area contributed by atoms with Gasteiger partial charge in [-0.05, 0) is 44.4 Å². The third-order valence-electron chi connectivity index (χ3n) is 4.02. The molecule has 1 aromatic carbocycles. The molecule has 0 heterocycles. The van der Waals surface area contributed by atoms with E-state index in [0.29, 0.717) is 5.02 Å². The van der Waals surface area contributed by atoms with E-state index in [-0.39, 0.29) is 12.3 Å². The molecule has 1 fully saturated rings. The van der Waals surface area contributed by atoms with Gasteiger partial charge in [-0.3, -0.25) is 4.79 Å². The highest BCUT2D eigenvalue weighted by atomic mass is 35.5. The first kappa shape index (κ1) is 15.3. The quantitative estimate of drug-likeness (QED) is 0.894. The Labute approximate surface area is 125 Å². The van der Waals surface area contributed by atoms with E-state index in [1.54, 1.807) is 0 Å². The molecule has 1 aromatic rings. The van der Waals surface area contributed by atoms with E-state index in [2.05, 4.69) is 5.32 Å². The summed E-state index contributed by atoms with van der Waals surface area (Å²) in [5.41, 5.74) is -0.359. The van der Waals surface area contributed by atoms with Crippen molar-refractivity contribution in [1.82, 2.24) is 5.32 Å². The average molecular weight is 296 g/mol. The Morgan fingerprint density at radius 3 is 2.65 bits per heavy atom. The number of amides is 1. The molecular weight excluding hydrogens is 274 g/mol. The van der Waals surface area contributed by atoms with Crippen LogP contribution in [-0.4, -0.2) is 16.6 Å². The van der Waals surface area contributed by atoms with E-state index >= 15 is 0 Å². The SMILES string of the molecule is CC(C)(NC(=O)CC1(O)CCCC1)c1cccc(Cl)c1. The van der Waals surface area contributed by atoms with Crippen molar-refractivity contribution in [2.75, 3.05) is 0 Å². The molecule has 0 aliphatic heterocycles. The molecule has 0 unspecified atom stereocenters. The largest absolute Gasteiger partial charge is 0.389 e. The maximum atomic E-state index is 12.2. The van der Waals surface area contributed by atoms with Crippen molar-refractivity contribution in [3.63, 3.8) is 0 Å². The van der Waals surface area contributed by atoms with Crippen molar-refractivity contribution < 1.29 is 9.90 Å². The second kappa shape index (κ2) is 5.74. The van der Waals surface area contributed by atoms with Gasteiger partial charge in [-0.15, -0.1) is 0 Å². The molecule has 110 valence electrons. The molecule has 0 spiro atoms. The van der Waals surface area contributed by atoms with E-state index in [4.69, 9.17) is 11.6 Å². The fourth-order valence-corrected chi connectivity index (χ4v) is 3.04. The molecular formula is C16H22ClNO2. The van der Waals surface area contributed by atoms with Crippen LogP contribution >= 0.6 is 11.6 Å². The van der Waals surface area contributed by atoms with Gasteiger partial charge in [0.25, 0.3) is 0 Å². The standard InChI is InChI=1S/C16H22ClNO2/c1-15(2,12-6-5-7-13(17)10-12)18-14(19)11-16(20)8-3-4-9-16/h5-7,10,20H,3-4,8-9,11H2,1-2H3,(H,18,19). The summed E-state index contributed by atoms with van der Waals surface area (Å²) >= 11 is 5.99. The number of benzene rings is 1. The third kappa shape index (κ3) is 3.74. The first-order valence-corrected chi connectivity index (χ1v) is 7.48. The summed E-state index contributed by atoms with van der Waals surface area (Å²) in [4.78, 5) is 12.2. The summed E-state index contributed by atoms with van der Waals surface area (Å²) in [6.45, 7) is 3.88. The van der Waals surface area contributed by atoms with Crippen molar-refractivity contribution in [3.8, 4) is 0 Å². The lowest BCUT2D eigenvalue weighted by molar-refractivity contribution is -0.127. The van der Waals surface area contributed by atoms with Gasteiger partial charge in [-0.25, -0.2) is 0 Å². The van der Waals surface area contributed by atoms with E-state index in [9.17, 15) is 9.90 Å². The summed E-state index contributed by atoms with van der Waals surface area (Å²) < 4.78 is 0. The predicted octanol–water partition coefficient (Wildman–Crippen LogP) is 3.39. The number of rotatable bonds is 4. The zero-order chi connectivity index (χ0) is 14.8. The maximum absolute atomic E-state index is 12.2. The Kier molecular flexibility index (Phi) is 4.40. The van der Waals surface area contributed by atoms with Crippen LogP contribution in [0.25, 0.3) is 0 Å². The van der Waals surface area contributed by atoms with Crippen molar-refractivity contribution in [2.45, 2.75) is 57.1 Å². The number of carbonyl (C=O) groups excluding carboxylic acids is 1. The molecule has 1 aliphatic carbocycles. The van der Waals surface area contributed by atoms with Crippen LogP contribution in [0.4, 0.5) is 0 Å². The van der Waals surface area contributed by atoms with Gasteiger partial charge >= 0.3 is 0 Å². The molecule has 0 radical (unpaired) electrons. The second-order valence-electron chi connectivity index (χ2n) is 6.29. The molecule has 0 bridgehead atoms.